The van der Waals surface area contributed by atoms with Gasteiger partial charge in [0, 0.05) is 32.6 Å². The Balaban J connectivity index is 2.29. The van der Waals surface area contributed by atoms with E-state index in [0.29, 0.717) is 6.04 Å². The van der Waals surface area contributed by atoms with Crippen molar-refractivity contribution in [3.8, 4) is 0 Å². The summed E-state index contributed by atoms with van der Waals surface area (Å²) in [5, 5.41) is 8.44. The molecule has 1 saturated carbocycles. The van der Waals surface area contributed by atoms with Gasteiger partial charge in [-0.05, 0) is 19.8 Å². The highest BCUT2D eigenvalue weighted by molar-refractivity contribution is 5.30. The highest BCUT2D eigenvalue weighted by Crippen LogP contribution is 2.38. The Morgan fingerprint density at radius 2 is 2.13 bits per heavy atom. The summed E-state index contributed by atoms with van der Waals surface area (Å²) in [7, 11) is 4.00. The lowest BCUT2D eigenvalue weighted by Gasteiger charge is -2.15. The van der Waals surface area contributed by atoms with Gasteiger partial charge in [-0.25, -0.2) is 0 Å². The second kappa shape index (κ2) is 3.81. The predicted octanol–water partition coefficient (Wildman–Crippen LogP) is 0.569. The van der Waals surface area contributed by atoms with E-state index in [-0.39, 0.29) is 6.04 Å². The number of hydrogen-bond donors (Lipinski definition) is 1. The fraction of sp³-hybridized carbons (Fsp3) is 0.800. The third-order valence-corrected chi connectivity index (χ3v) is 2.56. The molecule has 0 saturated heterocycles. The van der Waals surface area contributed by atoms with Gasteiger partial charge in [-0.15, -0.1) is 10.2 Å². The number of nitrogens with zero attached hydrogens (tertiary/aromatic N) is 4. The Kier molecular flexibility index (Phi) is 2.65. The first-order chi connectivity index (χ1) is 7.09. The molecule has 5 heteroatoms. The summed E-state index contributed by atoms with van der Waals surface area (Å²) in [6, 6.07) is 0.743. The zero-order valence-corrected chi connectivity index (χ0v) is 9.64. The molecule has 1 unspecified atom stereocenters. The van der Waals surface area contributed by atoms with Crippen molar-refractivity contribution in [1.82, 2.24) is 14.8 Å². The quantitative estimate of drug-likeness (QED) is 0.787. The molecule has 0 amide bonds. The van der Waals surface area contributed by atoms with Crippen LogP contribution in [0.25, 0.3) is 0 Å². The third-order valence-electron chi connectivity index (χ3n) is 2.56. The molecular weight excluding hydrogens is 190 g/mol. The molecule has 0 radical (unpaired) electrons. The van der Waals surface area contributed by atoms with Crippen LogP contribution in [0.4, 0.5) is 5.95 Å². The average Bonchev–Trinajstić information content (AvgIpc) is 2.87. The molecule has 2 N–H and O–H groups in total. The summed E-state index contributed by atoms with van der Waals surface area (Å²) in [5.41, 5.74) is 5.80. The lowest BCUT2D eigenvalue weighted by molar-refractivity contribution is 0.626. The minimum atomic E-state index is 0.140. The SMILES string of the molecule is CC(N)Cc1nnc(N(C)C)n1C1CC1. The molecule has 0 spiro atoms. The monoisotopic (exact) mass is 209 g/mol. The van der Waals surface area contributed by atoms with E-state index in [4.69, 9.17) is 5.73 Å². The molecule has 1 aromatic rings. The molecule has 0 bridgehead atoms. The van der Waals surface area contributed by atoms with Crippen LogP contribution in [-0.2, 0) is 6.42 Å². The van der Waals surface area contributed by atoms with Crippen LogP contribution in [0.15, 0.2) is 0 Å². The van der Waals surface area contributed by atoms with Gasteiger partial charge in [0.25, 0.3) is 0 Å². The summed E-state index contributed by atoms with van der Waals surface area (Å²) in [6.45, 7) is 2.00. The fourth-order valence-corrected chi connectivity index (χ4v) is 1.75. The van der Waals surface area contributed by atoms with E-state index in [9.17, 15) is 0 Å². The summed E-state index contributed by atoms with van der Waals surface area (Å²) in [6.07, 6.45) is 3.28. The molecule has 1 atom stereocenters. The van der Waals surface area contributed by atoms with Crippen molar-refractivity contribution in [1.29, 1.82) is 0 Å². The number of aromatic nitrogens is 3. The van der Waals surface area contributed by atoms with Crippen molar-refractivity contribution in [3.05, 3.63) is 5.82 Å². The van der Waals surface area contributed by atoms with Gasteiger partial charge in [-0.3, -0.25) is 4.57 Å². The summed E-state index contributed by atoms with van der Waals surface area (Å²) < 4.78 is 2.24. The van der Waals surface area contributed by atoms with Crippen LogP contribution in [0.5, 0.6) is 0 Å². The predicted molar refractivity (Wildman–Crippen MR) is 60.0 cm³/mol. The zero-order chi connectivity index (χ0) is 11.0. The molecule has 1 aromatic heterocycles. The minimum Gasteiger partial charge on any atom is -0.347 e. The normalized spacial score (nSPS) is 17.9. The second-order valence-electron chi connectivity index (χ2n) is 4.59. The molecular formula is C10H19N5. The van der Waals surface area contributed by atoms with E-state index in [1.165, 1.54) is 12.8 Å². The lowest BCUT2D eigenvalue weighted by Crippen LogP contribution is -2.22. The number of anilines is 1. The summed E-state index contributed by atoms with van der Waals surface area (Å²) in [5.74, 6) is 1.98. The number of nitrogens with two attached hydrogens (primary N) is 1. The van der Waals surface area contributed by atoms with Crippen molar-refractivity contribution in [2.45, 2.75) is 38.3 Å². The van der Waals surface area contributed by atoms with E-state index < -0.39 is 0 Å². The van der Waals surface area contributed by atoms with E-state index in [0.717, 1.165) is 18.2 Å². The third kappa shape index (κ3) is 2.12. The van der Waals surface area contributed by atoms with Crippen LogP contribution in [-0.4, -0.2) is 34.9 Å². The minimum absolute atomic E-state index is 0.140. The van der Waals surface area contributed by atoms with E-state index in [1.807, 2.05) is 25.9 Å². The fourth-order valence-electron chi connectivity index (χ4n) is 1.75. The molecule has 1 fully saturated rings. The Morgan fingerprint density at radius 3 is 2.60 bits per heavy atom. The maximum Gasteiger partial charge on any atom is 0.226 e. The largest absolute Gasteiger partial charge is 0.347 e. The molecule has 1 heterocycles. The van der Waals surface area contributed by atoms with Gasteiger partial charge in [0.1, 0.15) is 5.82 Å². The van der Waals surface area contributed by atoms with Crippen LogP contribution >= 0.6 is 0 Å². The van der Waals surface area contributed by atoms with Crippen LogP contribution in [0.3, 0.4) is 0 Å². The van der Waals surface area contributed by atoms with Gasteiger partial charge in [0.2, 0.25) is 5.95 Å². The van der Waals surface area contributed by atoms with Gasteiger partial charge in [0.05, 0.1) is 0 Å². The van der Waals surface area contributed by atoms with Gasteiger partial charge in [0.15, 0.2) is 0 Å². The topological polar surface area (TPSA) is 60.0 Å². The first kappa shape index (κ1) is 10.4. The maximum absolute atomic E-state index is 5.80. The zero-order valence-electron chi connectivity index (χ0n) is 9.64. The van der Waals surface area contributed by atoms with E-state index in [1.54, 1.807) is 0 Å². The molecule has 0 aromatic carbocycles. The van der Waals surface area contributed by atoms with Crippen LogP contribution in [0.1, 0.15) is 31.6 Å². The average molecular weight is 209 g/mol. The summed E-state index contributed by atoms with van der Waals surface area (Å²) in [4.78, 5) is 2.01. The standard InChI is InChI=1S/C10H19N5/c1-7(11)6-9-12-13-10(14(2)3)15(9)8-4-5-8/h7-8H,4-6,11H2,1-3H3. The molecule has 5 nitrogen and oxygen atoms in total. The van der Waals surface area contributed by atoms with Crippen molar-refractivity contribution in [2.75, 3.05) is 19.0 Å². The molecule has 84 valence electrons. The molecule has 0 aliphatic heterocycles. The van der Waals surface area contributed by atoms with Crippen LogP contribution in [0, 0.1) is 0 Å². The lowest BCUT2D eigenvalue weighted by atomic mass is 10.2. The van der Waals surface area contributed by atoms with Crippen molar-refractivity contribution in [3.63, 3.8) is 0 Å². The van der Waals surface area contributed by atoms with Crippen LogP contribution in [0.2, 0.25) is 0 Å². The Bertz CT molecular complexity index is 338. The van der Waals surface area contributed by atoms with Crippen molar-refractivity contribution in [2.24, 2.45) is 5.73 Å². The van der Waals surface area contributed by atoms with Gasteiger partial charge in [-0.2, -0.15) is 0 Å². The van der Waals surface area contributed by atoms with Crippen molar-refractivity contribution >= 4 is 5.95 Å². The molecule has 1 aliphatic carbocycles. The molecule has 1 aliphatic rings. The first-order valence-corrected chi connectivity index (χ1v) is 5.46. The van der Waals surface area contributed by atoms with Gasteiger partial charge >= 0.3 is 0 Å². The summed E-state index contributed by atoms with van der Waals surface area (Å²) >= 11 is 0. The second-order valence-corrected chi connectivity index (χ2v) is 4.59. The highest BCUT2D eigenvalue weighted by Gasteiger charge is 2.30. The van der Waals surface area contributed by atoms with E-state index >= 15 is 0 Å². The van der Waals surface area contributed by atoms with E-state index in [2.05, 4.69) is 14.8 Å². The van der Waals surface area contributed by atoms with Crippen molar-refractivity contribution < 1.29 is 0 Å². The first-order valence-electron chi connectivity index (χ1n) is 5.46. The molecule has 15 heavy (non-hydrogen) atoms. The Hall–Kier alpha value is -1.10. The Labute approximate surface area is 90.3 Å². The highest BCUT2D eigenvalue weighted by atomic mass is 15.4. The van der Waals surface area contributed by atoms with Gasteiger partial charge < -0.3 is 10.6 Å². The van der Waals surface area contributed by atoms with Crippen LogP contribution < -0.4 is 10.6 Å². The maximum atomic E-state index is 5.80. The smallest absolute Gasteiger partial charge is 0.226 e. The molecule has 2 rings (SSSR count). The van der Waals surface area contributed by atoms with Gasteiger partial charge in [-0.1, -0.05) is 0 Å². The number of rotatable bonds is 4. The Morgan fingerprint density at radius 1 is 1.47 bits per heavy atom. The number of hydrogen-bond acceptors (Lipinski definition) is 4.